The average molecular weight is 1030 g/mol. The molecule has 4 nitrogen and oxygen atoms in total. The van der Waals surface area contributed by atoms with E-state index in [0.717, 1.165) is 98.1 Å². The lowest BCUT2D eigenvalue weighted by atomic mass is 9.71. The highest BCUT2D eigenvalue weighted by atomic mass is 32.1. The van der Waals surface area contributed by atoms with Crippen molar-refractivity contribution < 1.29 is 0 Å². The maximum atomic E-state index is 5.79. The molecule has 0 saturated heterocycles. The van der Waals surface area contributed by atoms with Crippen molar-refractivity contribution in [1.82, 2.24) is 14.9 Å². The first-order chi connectivity index (χ1) is 37.5. The third kappa shape index (κ3) is 11.5. The van der Waals surface area contributed by atoms with E-state index in [-0.39, 0.29) is 11.5 Å². The van der Waals surface area contributed by atoms with Gasteiger partial charge in [0.05, 0.1) is 17.5 Å². The third-order valence-corrected chi connectivity index (χ3v) is 15.9. The van der Waals surface area contributed by atoms with Crippen LogP contribution in [-0.2, 0) is 5.41 Å². The van der Waals surface area contributed by atoms with Gasteiger partial charge < -0.3 is 4.90 Å². The highest BCUT2D eigenvalue weighted by molar-refractivity contribution is 7.13. The number of benzene rings is 6. The standard InChI is InChI=1S/C68H64N4S.2C2H6/c1-10-34-68(12-3,60-31-30-56(41-59(60)67-69-35-36-73-67)55-27-19-26-53(39-55)50(11-2)38-46(6)51-22-14-13-15-23-51)43-72-62-33-32-61(64-44(4)20-18-21-45(64)5)71-66(62)58(57-29-28-52-24-16-17-25-54(52)40-57)42-63(72)65-47(7)37-48(8)70-49(65)9;2*1-2/h11,13-33,35-42,62H,2,6,10,12,34,43H2,1,3-5,7-9H3;2*1-2H3/b50-38+;;. The van der Waals surface area contributed by atoms with E-state index >= 15 is 0 Å². The predicted molar refractivity (Wildman–Crippen MR) is 336 cm³/mol. The van der Waals surface area contributed by atoms with Gasteiger partial charge in [0.25, 0.3) is 0 Å². The highest BCUT2D eigenvalue weighted by Gasteiger charge is 2.41. The van der Waals surface area contributed by atoms with E-state index in [1.807, 2.05) is 58.2 Å². The molecule has 2 aliphatic heterocycles. The normalized spacial score (nSPS) is 14.8. The van der Waals surface area contributed by atoms with Crippen molar-refractivity contribution in [3.63, 3.8) is 0 Å². The zero-order chi connectivity index (χ0) is 54.8. The summed E-state index contributed by atoms with van der Waals surface area (Å²) in [6.45, 7) is 33.0. The zero-order valence-corrected chi connectivity index (χ0v) is 48.2. The average Bonchev–Trinajstić information content (AvgIpc) is 4.04. The van der Waals surface area contributed by atoms with Crippen molar-refractivity contribution >= 4 is 50.2 Å². The van der Waals surface area contributed by atoms with E-state index in [1.54, 1.807) is 11.3 Å². The lowest BCUT2D eigenvalue weighted by Gasteiger charge is -2.47. The fourth-order valence-corrected chi connectivity index (χ4v) is 12.2. The SMILES string of the molecule is C=C/C(=C\C(=C)c1ccccc1)c1cccc(-c2ccc(C(CC)(CCC)CN3C(c4c(C)cc(C)nc4C)=CC(c4ccc5ccccc5c4)=C4N=C(c5c(C)cccc5C)C=CC43)c(-c3nccs3)c2)c1.CC.CC. The van der Waals surface area contributed by atoms with E-state index in [2.05, 4.69) is 218 Å². The summed E-state index contributed by atoms with van der Waals surface area (Å²) in [6.07, 6.45) is 16.1. The fourth-order valence-electron chi connectivity index (χ4n) is 11.5. The molecule has 6 aromatic carbocycles. The fraction of sp³-hybridized carbons (Fsp3) is 0.236. The molecule has 8 aromatic rings. The first kappa shape index (κ1) is 55.5. The van der Waals surface area contributed by atoms with Gasteiger partial charge in [0.15, 0.2) is 0 Å². The second-order valence-corrected chi connectivity index (χ2v) is 20.8. The Bertz CT molecular complexity index is 3540. The van der Waals surface area contributed by atoms with Crippen LogP contribution in [-0.4, -0.2) is 33.2 Å². The largest absolute Gasteiger partial charge is 0.358 e. The van der Waals surface area contributed by atoms with Crippen LogP contribution >= 0.6 is 11.3 Å². The second-order valence-electron chi connectivity index (χ2n) is 19.9. The summed E-state index contributed by atoms with van der Waals surface area (Å²) in [5, 5.41) is 5.56. The number of aliphatic imine (C=N–C) groups is 1. The number of rotatable bonds is 15. The summed E-state index contributed by atoms with van der Waals surface area (Å²) < 4.78 is 0. The Balaban J connectivity index is 0.00000192. The monoisotopic (exact) mass is 1030 g/mol. The molecule has 0 bridgehead atoms. The van der Waals surface area contributed by atoms with Gasteiger partial charge in [-0.2, -0.15) is 0 Å². The van der Waals surface area contributed by atoms with Crippen molar-refractivity contribution in [1.29, 1.82) is 0 Å². The third-order valence-electron chi connectivity index (χ3n) is 15.1. The van der Waals surface area contributed by atoms with Gasteiger partial charge in [-0.3, -0.25) is 4.98 Å². The number of pyridine rings is 1. The number of aryl methyl sites for hydroxylation is 5. The molecule has 0 N–H and O–H groups in total. The summed E-state index contributed by atoms with van der Waals surface area (Å²) in [5.41, 5.74) is 22.3. The van der Waals surface area contributed by atoms with E-state index in [4.69, 9.17) is 15.0 Å². The molecule has 4 heterocycles. The van der Waals surface area contributed by atoms with Gasteiger partial charge in [0.1, 0.15) is 5.01 Å². The number of hydrogen-bond acceptors (Lipinski definition) is 5. The van der Waals surface area contributed by atoms with Crippen LogP contribution in [0.25, 0.3) is 54.9 Å². The number of aromatic nitrogens is 2. The van der Waals surface area contributed by atoms with Crippen LogP contribution in [0, 0.1) is 34.6 Å². The van der Waals surface area contributed by atoms with Crippen molar-refractivity contribution in [2.45, 2.75) is 107 Å². The molecule has 0 radical (unpaired) electrons. The van der Waals surface area contributed by atoms with E-state index < -0.39 is 0 Å². The molecular formula is C72H76N4S. The maximum Gasteiger partial charge on any atom is 0.123 e. The molecule has 5 heteroatoms. The van der Waals surface area contributed by atoms with E-state index in [1.165, 1.54) is 55.4 Å². The van der Waals surface area contributed by atoms with E-state index in [9.17, 15) is 0 Å². The Morgan fingerprint density at radius 3 is 2.08 bits per heavy atom. The van der Waals surface area contributed by atoms with Gasteiger partial charge >= 0.3 is 0 Å². The van der Waals surface area contributed by atoms with Crippen LogP contribution in [0.2, 0.25) is 0 Å². The molecule has 0 amide bonds. The molecule has 2 aliphatic rings. The summed E-state index contributed by atoms with van der Waals surface area (Å²) in [4.78, 5) is 18.7. The summed E-state index contributed by atoms with van der Waals surface area (Å²) in [5.74, 6) is 0. The smallest absolute Gasteiger partial charge is 0.123 e. The summed E-state index contributed by atoms with van der Waals surface area (Å²) in [6, 6.07) is 50.4. The van der Waals surface area contributed by atoms with Gasteiger partial charge in [-0.15, -0.1) is 11.3 Å². The van der Waals surface area contributed by atoms with Gasteiger partial charge in [0, 0.05) is 62.9 Å². The molecule has 2 atom stereocenters. The minimum Gasteiger partial charge on any atom is -0.358 e. The second kappa shape index (κ2) is 25.0. The van der Waals surface area contributed by atoms with Gasteiger partial charge in [0.2, 0.25) is 0 Å². The van der Waals surface area contributed by atoms with E-state index in [0.29, 0.717) is 0 Å². The van der Waals surface area contributed by atoms with Gasteiger partial charge in [-0.1, -0.05) is 189 Å². The molecule has 10 rings (SSSR count). The first-order valence-electron chi connectivity index (χ1n) is 27.7. The quantitative estimate of drug-likeness (QED) is 0.0961. The van der Waals surface area contributed by atoms with Gasteiger partial charge in [-0.25, -0.2) is 9.98 Å². The Morgan fingerprint density at radius 2 is 1.39 bits per heavy atom. The lowest BCUT2D eigenvalue weighted by Crippen LogP contribution is -2.47. The van der Waals surface area contributed by atoms with Crippen molar-refractivity contribution in [2.24, 2.45) is 4.99 Å². The molecule has 0 aliphatic carbocycles. The van der Waals surface area contributed by atoms with Crippen LogP contribution in [0.5, 0.6) is 0 Å². The first-order valence-corrected chi connectivity index (χ1v) is 28.6. The maximum absolute atomic E-state index is 5.79. The Hall–Kier alpha value is -7.73. The van der Waals surface area contributed by atoms with Crippen molar-refractivity contribution in [3.8, 4) is 21.7 Å². The minimum absolute atomic E-state index is 0.159. The molecule has 77 heavy (non-hydrogen) atoms. The molecule has 0 saturated carbocycles. The van der Waals surface area contributed by atoms with Crippen LogP contribution in [0.15, 0.2) is 205 Å². The number of nitrogens with zero attached hydrogens (tertiary/aromatic N) is 4. The van der Waals surface area contributed by atoms with Crippen LogP contribution in [0.3, 0.4) is 0 Å². The number of thiazole rings is 1. The Morgan fingerprint density at radius 1 is 0.701 bits per heavy atom. The lowest BCUT2D eigenvalue weighted by molar-refractivity contribution is 0.242. The highest BCUT2D eigenvalue weighted by Crippen LogP contribution is 2.48. The molecular weight excluding hydrogens is 953 g/mol. The number of fused-ring (bicyclic) bond motifs is 2. The number of allylic oxidation sites excluding steroid dienone is 7. The Kier molecular flexibility index (Phi) is 18.0. The molecule has 2 aromatic heterocycles. The molecule has 0 spiro atoms. The topological polar surface area (TPSA) is 41.4 Å². The minimum atomic E-state index is -0.290. The molecule has 390 valence electrons. The zero-order valence-electron chi connectivity index (χ0n) is 47.3. The van der Waals surface area contributed by atoms with Crippen molar-refractivity contribution in [2.75, 3.05) is 6.54 Å². The summed E-state index contributed by atoms with van der Waals surface area (Å²) in [7, 11) is 0. The van der Waals surface area contributed by atoms with Crippen LogP contribution in [0.4, 0.5) is 0 Å². The number of dihydropyridines is 1. The van der Waals surface area contributed by atoms with Gasteiger partial charge in [-0.05, 0) is 162 Å². The number of hydrogen-bond donors (Lipinski definition) is 0. The molecule has 0 fully saturated rings. The predicted octanol–water partition coefficient (Wildman–Crippen LogP) is 19.5. The van der Waals surface area contributed by atoms with Crippen molar-refractivity contribution in [3.05, 3.63) is 262 Å². The van der Waals surface area contributed by atoms with Crippen LogP contribution in [0.1, 0.15) is 122 Å². The summed E-state index contributed by atoms with van der Waals surface area (Å²) >= 11 is 1.71. The van der Waals surface area contributed by atoms with Crippen LogP contribution < -0.4 is 0 Å². The Labute approximate surface area is 464 Å². The molecule has 2 unspecified atom stereocenters.